The van der Waals surface area contributed by atoms with E-state index in [1.165, 1.54) is 28.3 Å². The van der Waals surface area contributed by atoms with Crippen molar-refractivity contribution in [3.05, 3.63) is 68.7 Å². The van der Waals surface area contributed by atoms with E-state index in [-0.39, 0.29) is 30.1 Å². The van der Waals surface area contributed by atoms with Crippen molar-refractivity contribution in [1.29, 1.82) is 0 Å². The lowest BCUT2D eigenvalue weighted by molar-refractivity contribution is -0.384. The topological polar surface area (TPSA) is 107 Å². The molecule has 1 N–H and O–H groups in total. The minimum atomic E-state index is -0.597. The van der Waals surface area contributed by atoms with Crippen molar-refractivity contribution in [2.24, 2.45) is 0 Å². The maximum Gasteiger partial charge on any atom is 0.419 e. The van der Waals surface area contributed by atoms with E-state index in [1.54, 1.807) is 0 Å². The van der Waals surface area contributed by atoms with Crippen molar-refractivity contribution in [1.82, 2.24) is 4.57 Å². The summed E-state index contributed by atoms with van der Waals surface area (Å²) in [6.07, 6.45) is 0.666. The predicted octanol–water partition coefficient (Wildman–Crippen LogP) is 4.05. The third-order valence-corrected chi connectivity index (χ3v) is 4.51. The first-order chi connectivity index (χ1) is 13.3. The van der Waals surface area contributed by atoms with Gasteiger partial charge in [-0.1, -0.05) is 26.0 Å². The number of oxazole rings is 1. The van der Waals surface area contributed by atoms with Crippen molar-refractivity contribution >= 4 is 28.4 Å². The molecule has 28 heavy (non-hydrogen) atoms. The molecule has 0 radical (unpaired) electrons. The van der Waals surface area contributed by atoms with Crippen LogP contribution in [0.1, 0.15) is 38.2 Å². The molecular weight excluding hydrogens is 362 g/mol. The summed E-state index contributed by atoms with van der Waals surface area (Å²) in [7, 11) is 0. The summed E-state index contributed by atoms with van der Waals surface area (Å²) >= 11 is 0. The Morgan fingerprint density at radius 3 is 2.57 bits per heavy atom. The lowest BCUT2D eigenvalue weighted by Crippen LogP contribution is -2.17. The SMILES string of the molecule is CC(C)c1ccc(NC(=O)CCCn2c(=O)oc3cc([N+](=O)[O-])ccc32)cc1. The average Bonchev–Trinajstić information content (AvgIpc) is 2.96. The van der Waals surface area contributed by atoms with E-state index in [9.17, 15) is 19.7 Å². The van der Waals surface area contributed by atoms with Gasteiger partial charge < -0.3 is 9.73 Å². The van der Waals surface area contributed by atoms with Crippen LogP contribution in [0, 0.1) is 10.1 Å². The highest BCUT2D eigenvalue weighted by Crippen LogP contribution is 2.20. The van der Waals surface area contributed by atoms with Crippen LogP contribution in [0.4, 0.5) is 11.4 Å². The standard InChI is InChI=1S/C20H21N3O5/c1-13(2)14-5-7-15(8-6-14)21-19(24)4-3-11-22-17-10-9-16(23(26)27)12-18(17)28-20(22)25/h5-10,12-13H,3-4,11H2,1-2H3,(H,21,24). The van der Waals surface area contributed by atoms with Crippen LogP contribution in [-0.2, 0) is 11.3 Å². The molecule has 1 heterocycles. The van der Waals surface area contributed by atoms with E-state index < -0.39 is 10.7 Å². The number of nitro benzene ring substituents is 1. The number of carbonyl (C=O) groups is 1. The fourth-order valence-corrected chi connectivity index (χ4v) is 2.95. The summed E-state index contributed by atoms with van der Waals surface area (Å²) in [6, 6.07) is 11.7. The Hall–Kier alpha value is -3.42. The van der Waals surface area contributed by atoms with Gasteiger partial charge in [-0.2, -0.15) is 0 Å². The Morgan fingerprint density at radius 1 is 1.21 bits per heavy atom. The third-order valence-electron chi connectivity index (χ3n) is 4.51. The number of aryl methyl sites for hydroxylation is 1. The monoisotopic (exact) mass is 383 g/mol. The number of hydrogen-bond donors (Lipinski definition) is 1. The number of nitrogens with one attached hydrogen (secondary N) is 1. The number of non-ortho nitro benzene ring substituents is 1. The number of nitro groups is 1. The zero-order valence-corrected chi connectivity index (χ0v) is 15.7. The number of nitrogens with zero attached hydrogens (tertiary/aromatic N) is 2. The minimum absolute atomic E-state index is 0.142. The van der Waals surface area contributed by atoms with Gasteiger partial charge in [0, 0.05) is 24.7 Å². The van der Waals surface area contributed by atoms with Gasteiger partial charge in [-0.3, -0.25) is 19.5 Å². The molecule has 0 bridgehead atoms. The van der Waals surface area contributed by atoms with E-state index in [2.05, 4.69) is 19.2 Å². The fourth-order valence-electron chi connectivity index (χ4n) is 2.95. The van der Waals surface area contributed by atoms with Crippen molar-refractivity contribution < 1.29 is 14.1 Å². The highest BCUT2D eigenvalue weighted by molar-refractivity contribution is 5.90. The van der Waals surface area contributed by atoms with E-state index in [0.29, 0.717) is 17.9 Å². The van der Waals surface area contributed by atoms with Crippen LogP contribution in [0.15, 0.2) is 51.7 Å². The minimum Gasteiger partial charge on any atom is -0.407 e. The summed E-state index contributed by atoms with van der Waals surface area (Å²) in [4.78, 5) is 34.4. The molecule has 0 unspecified atom stereocenters. The van der Waals surface area contributed by atoms with Gasteiger partial charge in [-0.25, -0.2) is 4.79 Å². The molecule has 3 aromatic rings. The number of anilines is 1. The molecular formula is C20H21N3O5. The molecule has 0 saturated heterocycles. The quantitative estimate of drug-likeness (QED) is 0.489. The number of carbonyl (C=O) groups excluding carboxylic acids is 1. The van der Waals surface area contributed by atoms with Crippen LogP contribution in [0.3, 0.4) is 0 Å². The second kappa shape index (κ2) is 8.08. The molecule has 3 rings (SSSR count). The first-order valence-electron chi connectivity index (χ1n) is 9.03. The Labute approximate surface area is 160 Å². The number of hydrogen-bond acceptors (Lipinski definition) is 5. The summed E-state index contributed by atoms with van der Waals surface area (Å²) in [5.74, 6) is -0.316. The lowest BCUT2D eigenvalue weighted by atomic mass is 10.0. The van der Waals surface area contributed by atoms with Crippen LogP contribution < -0.4 is 11.1 Å². The Balaban J connectivity index is 1.60. The van der Waals surface area contributed by atoms with Crippen molar-refractivity contribution in [2.75, 3.05) is 5.32 Å². The van der Waals surface area contributed by atoms with Gasteiger partial charge >= 0.3 is 5.76 Å². The largest absolute Gasteiger partial charge is 0.419 e. The molecule has 0 spiro atoms. The summed E-state index contributed by atoms with van der Waals surface area (Å²) in [5, 5.41) is 13.7. The number of rotatable bonds is 7. The second-order valence-corrected chi connectivity index (χ2v) is 6.86. The molecule has 0 atom stereocenters. The Morgan fingerprint density at radius 2 is 1.93 bits per heavy atom. The molecule has 0 aliphatic heterocycles. The van der Waals surface area contributed by atoms with Crippen LogP contribution >= 0.6 is 0 Å². The van der Waals surface area contributed by atoms with Crippen LogP contribution in [0.5, 0.6) is 0 Å². The first-order valence-corrected chi connectivity index (χ1v) is 9.03. The smallest absolute Gasteiger partial charge is 0.407 e. The Bertz CT molecular complexity index is 1060. The molecule has 2 aromatic carbocycles. The van der Waals surface area contributed by atoms with Crippen LogP contribution in [0.25, 0.3) is 11.1 Å². The van der Waals surface area contributed by atoms with Gasteiger partial charge in [-0.05, 0) is 36.1 Å². The van der Waals surface area contributed by atoms with Crippen molar-refractivity contribution in [3.8, 4) is 0 Å². The summed E-state index contributed by atoms with van der Waals surface area (Å²) < 4.78 is 6.45. The van der Waals surface area contributed by atoms with E-state index in [4.69, 9.17) is 4.42 Å². The van der Waals surface area contributed by atoms with Crippen LogP contribution in [0.2, 0.25) is 0 Å². The van der Waals surface area contributed by atoms with Gasteiger partial charge in [0.25, 0.3) is 5.69 Å². The number of aromatic nitrogens is 1. The van der Waals surface area contributed by atoms with E-state index in [0.717, 1.165) is 5.69 Å². The van der Waals surface area contributed by atoms with Gasteiger partial charge in [0.1, 0.15) is 0 Å². The Kier molecular flexibility index (Phi) is 5.58. The molecule has 8 nitrogen and oxygen atoms in total. The zero-order valence-electron chi connectivity index (χ0n) is 15.7. The average molecular weight is 383 g/mol. The van der Waals surface area contributed by atoms with Gasteiger partial charge in [0.15, 0.2) is 5.58 Å². The zero-order chi connectivity index (χ0) is 20.3. The molecule has 0 saturated carbocycles. The molecule has 146 valence electrons. The molecule has 8 heteroatoms. The second-order valence-electron chi connectivity index (χ2n) is 6.86. The van der Waals surface area contributed by atoms with E-state index >= 15 is 0 Å². The molecule has 0 aliphatic rings. The molecule has 1 aromatic heterocycles. The summed E-state index contributed by atoms with van der Waals surface area (Å²) in [6.45, 7) is 4.49. The number of benzene rings is 2. The van der Waals surface area contributed by atoms with Gasteiger partial charge in [0.05, 0.1) is 16.5 Å². The maximum absolute atomic E-state index is 12.1. The normalized spacial score (nSPS) is 11.1. The third kappa shape index (κ3) is 4.28. The van der Waals surface area contributed by atoms with Crippen molar-refractivity contribution in [3.63, 3.8) is 0 Å². The van der Waals surface area contributed by atoms with Gasteiger partial charge in [-0.15, -0.1) is 0 Å². The number of fused-ring (bicyclic) bond motifs is 1. The molecule has 0 aliphatic carbocycles. The predicted molar refractivity (Wildman–Crippen MR) is 106 cm³/mol. The molecule has 1 amide bonds. The molecule has 0 fully saturated rings. The highest BCUT2D eigenvalue weighted by atomic mass is 16.6. The van der Waals surface area contributed by atoms with E-state index in [1.807, 2.05) is 24.3 Å². The van der Waals surface area contributed by atoms with Crippen molar-refractivity contribution in [2.45, 2.75) is 39.2 Å². The number of amides is 1. The summed E-state index contributed by atoms with van der Waals surface area (Å²) in [5.41, 5.74) is 2.42. The fraction of sp³-hybridized carbons (Fsp3) is 0.300. The highest BCUT2D eigenvalue weighted by Gasteiger charge is 2.14. The lowest BCUT2D eigenvalue weighted by Gasteiger charge is -2.08. The van der Waals surface area contributed by atoms with Gasteiger partial charge in [0.2, 0.25) is 5.91 Å². The van der Waals surface area contributed by atoms with Crippen LogP contribution in [-0.4, -0.2) is 15.4 Å². The first kappa shape index (κ1) is 19.3. The maximum atomic E-state index is 12.1.